The molecular weight excluding hydrogens is 342 g/mol. The summed E-state index contributed by atoms with van der Waals surface area (Å²) in [6.07, 6.45) is 10.9. The lowest BCUT2D eigenvalue weighted by Crippen LogP contribution is -2.38. The maximum atomic E-state index is 6.67. The number of benzene rings is 1. The van der Waals surface area contributed by atoms with Gasteiger partial charge in [-0.25, -0.2) is 0 Å². The van der Waals surface area contributed by atoms with Crippen LogP contribution < -0.4 is 15.2 Å². The SMILES string of the molecule is COc1cc(C2(N)CCCCC2)cc(Br)c1OC1CCCC1. The van der Waals surface area contributed by atoms with Crippen molar-refractivity contribution in [1.29, 1.82) is 0 Å². The van der Waals surface area contributed by atoms with Crippen LogP contribution in [0.2, 0.25) is 0 Å². The first kappa shape index (κ1) is 16.1. The maximum absolute atomic E-state index is 6.67. The molecule has 22 heavy (non-hydrogen) atoms. The summed E-state index contributed by atoms with van der Waals surface area (Å²) in [5.74, 6) is 1.63. The van der Waals surface area contributed by atoms with Gasteiger partial charge in [0, 0.05) is 5.54 Å². The molecule has 4 heteroatoms. The number of halogens is 1. The quantitative estimate of drug-likeness (QED) is 0.822. The Hall–Kier alpha value is -0.740. The van der Waals surface area contributed by atoms with Crippen LogP contribution in [0.15, 0.2) is 16.6 Å². The summed E-state index contributed by atoms with van der Waals surface area (Å²) < 4.78 is 12.8. The normalized spacial score (nSPS) is 21.8. The van der Waals surface area contributed by atoms with Gasteiger partial charge in [-0.1, -0.05) is 19.3 Å². The van der Waals surface area contributed by atoms with E-state index in [1.165, 1.54) is 32.1 Å². The fourth-order valence-corrected chi connectivity index (χ4v) is 4.30. The van der Waals surface area contributed by atoms with E-state index in [0.29, 0.717) is 6.10 Å². The highest BCUT2D eigenvalue weighted by Gasteiger charge is 2.31. The standard InChI is InChI=1S/C18H26BrNO2/c1-21-16-12-13(18(20)9-5-2-6-10-18)11-15(19)17(16)22-14-7-3-4-8-14/h11-12,14H,2-10,20H2,1H3. The summed E-state index contributed by atoms with van der Waals surface area (Å²) in [7, 11) is 1.71. The Morgan fingerprint density at radius 1 is 1.09 bits per heavy atom. The van der Waals surface area contributed by atoms with Crippen molar-refractivity contribution in [3.8, 4) is 11.5 Å². The molecule has 0 aromatic heterocycles. The second-order valence-corrected chi connectivity index (χ2v) is 7.58. The first-order valence-corrected chi connectivity index (χ1v) is 9.25. The van der Waals surface area contributed by atoms with Gasteiger partial charge in [0.1, 0.15) is 0 Å². The Morgan fingerprint density at radius 3 is 2.41 bits per heavy atom. The van der Waals surface area contributed by atoms with Crippen LogP contribution in [0.25, 0.3) is 0 Å². The molecule has 0 heterocycles. The average Bonchev–Trinajstić information content (AvgIpc) is 3.03. The van der Waals surface area contributed by atoms with Crippen molar-refractivity contribution in [3.63, 3.8) is 0 Å². The van der Waals surface area contributed by atoms with Gasteiger partial charge in [0.15, 0.2) is 11.5 Å². The van der Waals surface area contributed by atoms with Gasteiger partial charge in [-0.15, -0.1) is 0 Å². The van der Waals surface area contributed by atoms with Crippen molar-refractivity contribution in [2.45, 2.75) is 69.4 Å². The molecule has 0 radical (unpaired) electrons. The summed E-state index contributed by atoms with van der Waals surface area (Å²) in [6, 6.07) is 4.22. The predicted molar refractivity (Wildman–Crippen MR) is 92.5 cm³/mol. The minimum Gasteiger partial charge on any atom is -0.493 e. The topological polar surface area (TPSA) is 44.5 Å². The lowest BCUT2D eigenvalue weighted by atomic mass is 9.77. The van der Waals surface area contributed by atoms with Gasteiger partial charge >= 0.3 is 0 Å². The summed E-state index contributed by atoms with van der Waals surface area (Å²) in [5, 5.41) is 0. The molecule has 122 valence electrons. The molecule has 1 aromatic rings. The first-order chi connectivity index (χ1) is 10.6. The number of nitrogens with two attached hydrogens (primary N) is 1. The number of hydrogen-bond acceptors (Lipinski definition) is 3. The van der Waals surface area contributed by atoms with Gasteiger partial charge < -0.3 is 15.2 Å². The molecule has 0 spiro atoms. The maximum Gasteiger partial charge on any atom is 0.175 e. The average molecular weight is 368 g/mol. The zero-order valence-corrected chi connectivity index (χ0v) is 15.0. The molecule has 2 N–H and O–H groups in total. The summed E-state index contributed by atoms with van der Waals surface area (Å²) >= 11 is 3.68. The second-order valence-electron chi connectivity index (χ2n) is 6.73. The lowest BCUT2D eigenvalue weighted by molar-refractivity contribution is 0.199. The van der Waals surface area contributed by atoms with Crippen LogP contribution in [0.3, 0.4) is 0 Å². The smallest absolute Gasteiger partial charge is 0.175 e. The minimum atomic E-state index is -0.222. The molecule has 3 rings (SSSR count). The van der Waals surface area contributed by atoms with Crippen LogP contribution in [0.4, 0.5) is 0 Å². The number of hydrogen-bond donors (Lipinski definition) is 1. The van der Waals surface area contributed by atoms with Crippen LogP contribution in [0.5, 0.6) is 11.5 Å². The fourth-order valence-electron chi connectivity index (χ4n) is 3.77. The Labute approximate surface area is 141 Å². The van der Waals surface area contributed by atoms with Crippen molar-refractivity contribution >= 4 is 15.9 Å². The molecule has 2 aliphatic carbocycles. The van der Waals surface area contributed by atoms with E-state index in [0.717, 1.165) is 47.2 Å². The molecule has 0 bridgehead atoms. The van der Waals surface area contributed by atoms with Crippen molar-refractivity contribution in [1.82, 2.24) is 0 Å². The van der Waals surface area contributed by atoms with Crippen LogP contribution >= 0.6 is 15.9 Å². The third-order valence-corrected chi connectivity index (χ3v) is 5.73. The lowest BCUT2D eigenvalue weighted by Gasteiger charge is -2.34. The molecule has 0 amide bonds. The van der Waals surface area contributed by atoms with Gasteiger partial charge in [0.05, 0.1) is 17.7 Å². The molecule has 0 atom stereocenters. The van der Waals surface area contributed by atoms with Crippen molar-refractivity contribution < 1.29 is 9.47 Å². The molecule has 2 fully saturated rings. The van der Waals surface area contributed by atoms with Gasteiger partial charge in [0.2, 0.25) is 0 Å². The van der Waals surface area contributed by atoms with E-state index >= 15 is 0 Å². The van der Waals surface area contributed by atoms with E-state index in [4.69, 9.17) is 15.2 Å². The van der Waals surface area contributed by atoms with Crippen LogP contribution in [-0.2, 0) is 5.54 Å². The largest absolute Gasteiger partial charge is 0.493 e. The predicted octanol–water partition coefficient (Wildman–Crippen LogP) is 4.90. The first-order valence-electron chi connectivity index (χ1n) is 8.46. The Balaban J connectivity index is 1.89. The van der Waals surface area contributed by atoms with Gasteiger partial charge in [-0.2, -0.15) is 0 Å². The molecule has 0 saturated heterocycles. The summed E-state index contributed by atoms with van der Waals surface area (Å²) in [4.78, 5) is 0. The summed E-state index contributed by atoms with van der Waals surface area (Å²) in [6.45, 7) is 0. The van der Waals surface area contributed by atoms with Crippen molar-refractivity contribution in [2.24, 2.45) is 5.73 Å². The Morgan fingerprint density at radius 2 is 1.77 bits per heavy atom. The van der Waals surface area contributed by atoms with E-state index in [1.54, 1.807) is 7.11 Å². The third kappa shape index (κ3) is 3.28. The van der Waals surface area contributed by atoms with Gasteiger partial charge in [-0.05, 0) is 72.2 Å². The highest BCUT2D eigenvalue weighted by atomic mass is 79.9. The van der Waals surface area contributed by atoms with Crippen LogP contribution in [0, 0.1) is 0 Å². The number of methoxy groups -OCH3 is 1. The number of ether oxygens (including phenoxy) is 2. The zero-order chi connectivity index (χ0) is 15.6. The van der Waals surface area contributed by atoms with E-state index in [-0.39, 0.29) is 5.54 Å². The molecule has 2 aliphatic rings. The summed E-state index contributed by atoms with van der Waals surface area (Å²) in [5.41, 5.74) is 7.61. The highest BCUT2D eigenvalue weighted by molar-refractivity contribution is 9.10. The van der Waals surface area contributed by atoms with Crippen LogP contribution in [0.1, 0.15) is 63.4 Å². The fraction of sp³-hybridized carbons (Fsp3) is 0.667. The zero-order valence-electron chi connectivity index (χ0n) is 13.4. The van der Waals surface area contributed by atoms with E-state index in [1.807, 2.05) is 0 Å². The van der Waals surface area contributed by atoms with E-state index < -0.39 is 0 Å². The van der Waals surface area contributed by atoms with Crippen molar-refractivity contribution in [3.05, 3.63) is 22.2 Å². The number of rotatable bonds is 4. The van der Waals surface area contributed by atoms with Crippen molar-refractivity contribution in [2.75, 3.05) is 7.11 Å². The Kier molecular flexibility index (Phi) is 4.98. The van der Waals surface area contributed by atoms with Crippen LogP contribution in [-0.4, -0.2) is 13.2 Å². The third-order valence-electron chi connectivity index (χ3n) is 5.14. The monoisotopic (exact) mass is 367 g/mol. The second kappa shape index (κ2) is 6.79. The molecule has 1 aromatic carbocycles. The molecule has 3 nitrogen and oxygen atoms in total. The molecule has 2 saturated carbocycles. The molecule has 0 aliphatic heterocycles. The highest BCUT2D eigenvalue weighted by Crippen LogP contribution is 2.43. The molecule has 0 unspecified atom stereocenters. The van der Waals surface area contributed by atoms with Gasteiger partial charge in [0.25, 0.3) is 0 Å². The Bertz CT molecular complexity index is 520. The van der Waals surface area contributed by atoms with Gasteiger partial charge in [-0.3, -0.25) is 0 Å². The van der Waals surface area contributed by atoms with E-state index in [9.17, 15) is 0 Å². The van der Waals surface area contributed by atoms with E-state index in [2.05, 4.69) is 28.1 Å². The minimum absolute atomic E-state index is 0.222. The molecular formula is C18H26BrNO2.